The molecule has 0 aliphatic heterocycles. The van der Waals surface area contributed by atoms with Gasteiger partial charge in [-0.25, -0.2) is 4.98 Å². The van der Waals surface area contributed by atoms with E-state index in [1.165, 1.54) is 4.90 Å². The topological polar surface area (TPSA) is 70.5 Å². The average molecular weight is 315 g/mol. The summed E-state index contributed by atoms with van der Waals surface area (Å²) in [5.41, 5.74) is 0.317. The van der Waals surface area contributed by atoms with Gasteiger partial charge in [0, 0.05) is 23.3 Å². The fraction of sp³-hybridized carbons (Fsp3) is 0.417. The maximum atomic E-state index is 12.2. The summed E-state index contributed by atoms with van der Waals surface area (Å²) in [6.45, 7) is 3.88. The van der Waals surface area contributed by atoms with E-state index >= 15 is 0 Å². The van der Waals surface area contributed by atoms with Gasteiger partial charge >= 0.3 is 5.97 Å². The molecule has 0 aliphatic carbocycles. The molecule has 5 nitrogen and oxygen atoms in total. The van der Waals surface area contributed by atoms with Gasteiger partial charge in [-0.2, -0.15) is 0 Å². The largest absolute Gasteiger partial charge is 0.481 e. The molecule has 1 rings (SSSR count). The molecule has 0 aromatic carbocycles. The summed E-state index contributed by atoms with van der Waals surface area (Å²) >= 11 is 3.25. The minimum atomic E-state index is -0.919. The van der Waals surface area contributed by atoms with Crippen LogP contribution in [0.1, 0.15) is 30.8 Å². The van der Waals surface area contributed by atoms with Crippen LogP contribution in [0.4, 0.5) is 0 Å². The fourth-order valence-corrected chi connectivity index (χ4v) is 1.69. The van der Waals surface area contributed by atoms with Crippen LogP contribution in [0.5, 0.6) is 0 Å². The molecule has 1 aromatic heterocycles. The Morgan fingerprint density at radius 1 is 1.44 bits per heavy atom. The maximum Gasteiger partial charge on any atom is 0.305 e. The van der Waals surface area contributed by atoms with Crippen molar-refractivity contribution in [2.45, 2.75) is 26.3 Å². The van der Waals surface area contributed by atoms with E-state index in [2.05, 4.69) is 20.9 Å². The molecule has 1 amide bonds. The first-order chi connectivity index (χ1) is 8.41. The number of carbonyl (C=O) groups is 2. The summed E-state index contributed by atoms with van der Waals surface area (Å²) in [5.74, 6) is -1.17. The van der Waals surface area contributed by atoms with Gasteiger partial charge in [0.1, 0.15) is 5.69 Å². The molecule has 0 aliphatic rings. The molecule has 0 fully saturated rings. The Kier molecular flexibility index (Phi) is 5.27. The quantitative estimate of drug-likeness (QED) is 0.904. The normalized spacial score (nSPS) is 10.4. The third-order valence-corrected chi connectivity index (χ3v) is 2.87. The Bertz CT molecular complexity index is 431. The molecule has 1 aromatic rings. The zero-order chi connectivity index (χ0) is 13.7. The number of amides is 1. The van der Waals surface area contributed by atoms with E-state index in [9.17, 15) is 9.59 Å². The molecule has 1 heterocycles. The predicted octanol–water partition coefficient (Wildman–Crippen LogP) is 2.17. The number of carbonyl (C=O) groups excluding carboxylic acids is 1. The molecule has 0 spiro atoms. The molecule has 1 N–H and O–H groups in total. The van der Waals surface area contributed by atoms with E-state index in [0.29, 0.717) is 5.69 Å². The van der Waals surface area contributed by atoms with Crippen LogP contribution in [0.2, 0.25) is 0 Å². The second kappa shape index (κ2) is 6.49. The molecule has 0 atom stereocenters. The van der Waals surface area contributed by atoms with Gasteiger partial charge in [0.25, 0.3) is 5.91 Å². The molecule has 0 saturated carbocycles. The Balaban J connectivity index is 2.82. The van der Waals surface area contributed by atoms with E-state index in [1.54, 1.807) is 18.3 Å². The highest BCUT2D eigenvalue weighted by Crippen LogP contribution is 2.11. The summed E-state index contributed by atoms with van der Waals surface area (Å²) in [7, 11) is 0. The first kappa shape index (κ1) is 14.6. The molecule has 6 heteroatoms. The second-order valence-electron chi connectivity index (χ2n) is 4.10. The molecule has 0 unspecified atom stereocenters. The number of aliphatic carboxylic acids is 1. The number of hydrogen-bond donors (Lipinski definition) is 1. The number of nitrogens with zero attached hydrogens (tertiary/aromatic N) is 2. The summed E-state index contributed by atoms with van der Waals surface area (Å²) in [6, 6.07) is 3.28. The van der Waals surface area contributed by atoms with E-state index in [0.717, 1.165) is 4.47 Å². The van der Waals surface area contributed by atoms with Gasteiger partial charge in [0.05, 0.1) is 6.42 Å². The number of hydrogen-bond acceptors (Lipinski definition) is 3. The summed E-state index contributed by atoms with van der Waals surface area (Å²) < 4.78 is 0.792. The third-order valence-electron chi connectivity index (χ3n) is 2.40. The van der Waals surface area contributed by atoms with Crippen molar-refractivity contribution in [3.8, 4) is 0 Å². The number of halogens is 1. The molecule has 0 radical (unpaired) electrons. The molecule has 0 bridgehead atoms. The van der Waals surface area contributed by atoms with Crippen molar-refractivity contribution < 1.29 is 14.7 Å². The minimum absolute atomic E-state index is 0.0673. The van der Waals surface area contributed by atoms with Gasteiger partial charge in [0.2, 0.25) is 0 Å². The van der Waals surface area contributed by atoms with Crippen molar-refractivity contribution in [1.82, 2.24) is 9.88 Å². The zero-order valence-corrected chi connectivity index (χ0v) is 11.8. The van der Waals surface area contributed by atoms with Crippen LogP contribution in [-0.2, 0) is 4.79 Å². The fourth-order valence-electron chi connectivity index (χ4n) is 1.46. The SMILES string of the molecule is CC(C)N(CCC(=O)O)C(=O)c1ccc(Br)cn1. The molecule has 98 valence electrons. The minimum Gasteiger partial charge on any atom is -0.481 e. The van der Waals surface area contributed by atoms with Crippen LogP contribution in [-0.4, -0.2) is 39.5 Å². The van der Waals surface area contributed by atoms with Crippen molar-refractivity contribution >= 4 is 27.8 Å². The molecule has 0 saturated heterocycles. The lowest BCUT2D eigenvalue weighted by molar-refractivity contribution is -0.137. The van der Waals surface area contributed by atoms with Crippen LogP contribution in [0.3, 0.4) is 0 Å². The average Bonchev–Trinajstić information content (AvgIpc) is 2.29. The van der Waals surface area contributed by atoms with Crippen LogP contribution in [0, 0.1) is 0 Å². The van der Waals surface area contributed by atoms with Crippen molar-refractivity contribution in [2.24, 2.45) is 0 Å². The first-order valence-electron chi connectivity index (χ1n) is 5.56. The van der Waals surface area contributed by atoms with Gasteiger partial charge in [0.15, 0.2) is 0 Å². The van der Waals surface area contributed by atoms with E-state index in [-0.39, 0.29) is 24.9 Å². The van der Waals surface area contributed by atoms with Gasteiger partial charge in [-0.05, 0) is 41.9 Å². The lowest BCUT2D eigenvalue weighted by atomic mass is 10.2. The van der Waals surface area contributed by atoms with E-state index in [4.69, 9.17) is 5.11 Å². The number of aromatic nitrogens is 1. The standard InChI is InChI=1S/C12H15BrN2O3/c1-8(2)15(6-5-11(16)17)12(18)10-4-3-9(13)7-14-10/h3-4,7-8H,5-6H2,1-2H3,(H,16,17). The van der Waals surface area contributed by atoms with Gasteiger partial charge in [-0.3, -0.25) is 9.59 Å². The smallest absolute Gasteiger partial charge is 0.305 e. The molecule has 18 heavy (non-hydrogen) atoms. The van der Waals surface area contributed by atoms with Crippen molar-refractivity contribution in [3.63, 3.8) is 0 Å². The van der Waals surface area contributed by atoms with Crippen molar-refractivity contribution in [1.29, 1.82) is 0 Å². The highest BCUT2D eigenvalue weighted by Gasteiger charge is 2.20. The Hall–Kier alpha value is -1.43. The highest BCUT2D eigenvalue weighted by molar-refractivity contribution is 9.10. The van der Waals surface area contributed by atoms with Crippen molar-refractivity contribution in [2.75, 3.05) is 6.54 Å². The molecular formula is C12H15BrN2O3. The van der Waals surface area contributed by atoms with Gasteiger partial charge in [-0.1, -0.05) is 0 Å². The number of carboxylic acid groups (broad SMARTS) is 1. The molecular weight excluding hydrogens is 300 g/mol. The van der Waals surface area contributed by atoms with E-state index < -0.39 is 5.97 Å². The van der Waals surface area contributed by atoms with Gasteiger partial charge < -0.3 is 10.0 Å². The van der Waals surface area contributed by atoms with Crippen LogP contribution in [0.25, 0.3) is 0 Å². The number of rotatable bonds is 5. The Morgan fingerprint density at radius 3 is 2.56 bits per heavy atom. The predicted molar refractivity (Wildman–Crippen MR) is 70.4 cm³/mol. The Labute approximate surface area is 114 Å². The van der Waals surface area contributed by atoms with Crippen LogP contribution in [0.15, 0.2) is 22.8 Å². The lowest BCUT2D eigenvalue weighted by Gasteiger charge is -2.25. The first-order valence-corrected chi connectivity index (χ1v) is 6.35. The maximum absolute atomic E-state index is 12.2. The highest BCUT2D eigenvalue weighted by atomic mass is 79.9. The zero-order valence-electron chi connectivity index (χ0n) is 10.3. The second-order valence-corrected chi connectivity index (χ2v) is 5.01. The van der Waals surface area contributed by atoms with Crippen LogP contribution >= 0.6 is 15.9 Å². The summed E-state index contributed by atoms with van der Waals surface area (Å²) in [6.07, 6.45) is 1.48. The Morgan fingerprint density at radius 2 is 2.11 bits per heavy atom. The van der Waals surface area contributed by atoms with Crippen molar-refractivity contribution in [3.05, 3.63) is 28.5 Å². The van der Waals surface area contributed by atoms with Crippen LogP contribution < -0.4 is 0 Å². The third kappa shape index (κ3) is 4.10. The lowest BCUT2D eigenvalue weighted by Crippen LogP contribution is -2.38. The number of pyridine rings is 1. The summed E-state index contributed by atoms with van der Waals surface area (Å²) in [5, 5.41) is 8.67. The number of carboxylic acids is 1. The monoisotopic (exact) mass is 314 g/mol. The summed E-state index contributed by atoms with van der Waals surface area (Å²) in [4.78, 5) is 28.3. The van der Waals surface area contributed by atoms with Gasteiger partial charge in [-0.15, -0.1) is 0 Å². The van der Waals surface area contributed by atoms with E-state index in [1.807, 2.05) is 13.8 Å².